The molecule has 32 heavy (non-hydrogen) atoms. The Bertz CT molecular complexity index is 968. The Hall–Kier alpha value is -2.05. The number of thiazole rings is 1. The van der Waals surface area contributed by atoms with Crippen LogP contribution in [0.4, 0.5) is 0 Å². The second kappa shape index (κ2) is 10.3. The van der Waals surface area contributed by atoms with Gasteiger partial charge in [0.1, 0.15) is 23.7 Å². The van der Waals surface area contributed by atoms with Crippen molar-refractivity contribution in [1.82, 2.24) is 4.98 Å². The summed E-state index contributed by atoms with van der Waals surface area (Å²) in [6.45, 7) is 3.16. The molecule has 0 spiro atoms. The summed E-state index contributed by atoms with van der Waals surface area (Å²) in [5.41, 5.74) is 1.18. The van der Waals surface area contributed by atoms with Crippen molar-refractivity contribution in [2.24, 2.45) is 5.92 Å². The zero-order valence-electron chi connectivity index (χ0n) is 19.2. The first-order valence-corrected chi connectivity index (χ1v) is 12.5. The van der Waals surface area contributed by atoms with Crippen LogP contribution in [0.1, 0.15) is 46.7 Å². The molecule has 1 fully saturated rings. The monoisotopic (exact) mass is 451 g/mol. The van der Waals surface area contributed by atoms with E-state index in [9.17, 15) is 5.11 Å². The van der Waals surface area contributed by atoms with Crippen molar-refractivity contribution in [2.75, 3.05) is 27.2 Å². The molecule has 0 aliphatic heterocycles. The average Bonchev–Trinajstić information content (AvgIpc) is 3.50. The molecule has 4 nitrogen and oxygen atoms in total. The van der Waals surface area contributed by atoms with Gasteiger partial charge < -0.3 is 14.3 Å². The van der Waals surface area contributed by atoms with E-state index in [1.165, 1.54) is 23.3 Å². The molecule has 1 atom stereocenters. The lowest BCUT2D eigenvalue weighted by Crippen LogP contribution is -2.41. The molecule has 0 radical (unpaired) electrons. The Labute approximate surface area is 196 Å². The van der Waals surface area contributed by atoms with Gasteiger partial charge in [0, 0.05) is 6.20 Å². The first-order chi connectivity index (χ1) is 15.5. The van der Waals surface area contributed by atoms with E-state index in [4.69, 9.17) is 9.72 Å². The van der Waals surface area contributed by atoms with Gasteiger partial charge in [0.05, 0.1) is 32.2 Å². The Morgan fingerprint density at radius 1 is 1.03 bits per heavy atom. The van der Waals surface area contributed by atoms with Crippen molar-refractivity contribution >= 4 is 11.3 Å². The Morgan fingerprint density at radius 3 is 2.38 bits per heavy atom. The highest BCUT2D eigenvalue weighted by Gasteiger charge is 2.44. The second-order valence-corrected chi connectivity index (χ2v) is 10.7. The smallest absolute Gasteiger partial charge is 0.144 e. The molecule has 2 aromatic carbocycles. The number of benzene rings is 2. The van der Waals surface area contributed by atoms with E-state index in [0.29, 0.717) is 13.2 Å². The summed E-state index contributed by atoms with van der Waals surface area (Å²) in [7, 11) is 4.46. The fraction of sp³-hybridized carbons (Fsp3) is 0.444. The van der Waals surface area contributed by atoms with E-state index >= 15 is 0 Å². The van der Waals surface area contributed by atoms with Crippen molar-refractivity contribution in [1.29, 1.82) is 0 Å². The van der Waals surface area contributed by atoms with Gasteiger partial charge in [-0.05, 0) is 29.9 Å². The van der Waals surface area contributed by atoms with E-state index in [0.717, 1.165) is 41.0 Å². The Kier molecular flexibility index (Phi) is 7.41. The normalized spacial score (nSPS) is 16.8. The summed E-state index contributed by atoms with van der Waals surface area (Å²) in [6.07, 6.45) is 6.45. The lowest BCUT2D eigenvalue weighted by Gasteiger charge is -2.33. The number of aliphatic hydroxyl groups is 1. The third-order valence-corrected chi connectivity index (χ3v) is 7.68. The molecule has 0 amide bonds. The van der Waals surface area contributed by atoms with E-state index < -0.39 is 5.60 Å². The standard InChI is InChI=1S/C27H35N2O2S/c1-29(2,17-18-31-21-22-11-5-3-6-12-22)20-25-19-28-26(32-25)27(30,24-15-9-10-16-24)23-13-7-4-8-14-23/h3-8,11-14,19,24,30H,9-10,15-18,20-21H2,1-2H3/q+1. The molecule has 4 rings (SSSR count). The maximum atomic E-state index is 12.0. The zero-order valence-corrected chi connectivity index (χ0v) is 20.1. The van der Waals surface area contributed by atoms with Crippen LogP contribution in [0.3, 0.4) is 0 Å². The van der Waals surface area contributed by atoms with E-state index in [1.807, 2.05) is 54.7 Å². The first kappa shape index (κ1) is 23.1. The number of ether oxygens (including phenoxy) is 1. The third kappa shape index (κ3) is 5.46. The summed E-state index contributed by atoms with van der Waals surface area (Å²) < 4.78 is 6.73. The number of nitrogens with zero attached hydrogens (tertiary/aromatic N) is 2. The van der Waals surface area contributed by atoms with Gasteiger partial charge in [-0.25, -0.2) is 4.98 Å². The number of aromatic nitrogens is 1. The van der Waals surface area contributed by atoms with Crippen molar-refractivity contribution in [2.45, 2.75) is 44.4 Å². The molecule has 1 saturated carbocycles. The number of hydrogen-bond acceptors (Lipinski definition) is 4. The van der Waals surface area contributed by atoms with Gasteiger partial charge in [0.25, 0.3) is 0 Å². The molecule has 1 unspecified atom stereocenters. The van der Waals surface area contributed by atoms with E-state index in [-0.39, 0.29) is 5.92 Å². The highest BCUT2D eigenvalue weighted by molar-refractivity contribution is 7.11. The number of hydrogen-bond donors (Lipinski definition) is 1. The number of likely N-dealkylation sites (N-methyl/N-ethyl adjacent to an activating group) is 1. The van der Waals surface area contributed by atoms with Crippen molar-refractivity contribution < 1.29 is 14.3 Å². The fourth-order valence-electron chi connectivity index (χ4n) is 4.70. The molecule has 0 saturated heterocycles. The molecule has 1 aliphatic rings. The van der Waals surface area contributed by atoms with Crippen LogP contribution in [-0.4, -0.2) is 41.8 Å². The molecule has 1 N–H and O–H groups in total. The average molecular weight is 452 g/mol. The van der Waals surface area contributed by atoms with Crippen molar-refractivity contribution in [3.8, 4) is 0 Å². The minimum absolute atomic E-state index is 0.234. The Balaban J connectivity index is 1.41. The van der Waals surface area contributed by atoms with Crippen LogP contribution in [0.2, 0.25) is 0 Å². The molecule has 1 aliphatic carbocycles. The minimum atomic E-state index is -0.989. The molecule has 3 aromatic rings. The summed E-state index contributed by atoms with van der Waals surface area (Å²) in [5, 5.41) is 12.8. The summed E-state index contributed by atoms with van der Waals surface area (Å²) in [4.78, 5) is 5.97. The summed E-state index contributed by atoms with van der Waals surface area (Å²) in [6, 6.07) is 20.4. The number of quaternary nitrogens is 1. The van der Waals surface area contributed by atoms with Crippen LogP contribution in [-0.2, 0) is 23.5 Å². The maximum absolute atomic E-state index is 12.0. The lowest BCUT2D eigenvalue weighted by atomic mass is 9.80. The maximum Gasteiger partial charge on any atom is 0.144 e. The van der Waals surface area contributed by atoms with Crippen LogP contribution in [0, 0.1) is 5.92 Å². The molecule has 5 heteroatoms. The van der Waals surface area contributed by atoms with Crippen LogP contribution < -0.4 is 0 Å². The van der Waals surface area contributed by atoms with Gasteiger partial charge in [-0.1, -0.05) is 73.5 Å². The fourth-order valence-corrected chi connectivity index (χ4v) is 6.02. The molecule has 0 bridgehead atoms. The van der Waals surface area contributed by atoms with Gasteiger partial charge in [0.15, 0.2) is 0 Å². The highest BCUT2D eigenvalue weighted by Crippen LogP contribution is 2.46. The number of rotatable bonds is 10. The van der Waals surface area contributed by atoms with Crippen LogP contribution >= 0.6 is 11.3 Å². The van der Waals surface area contributed by atoms with E-state index in [2.05, 4.69) is 26.2 Å². The van der Waals surface area contributed by atoms with Crippen molar-refractivity contribution in [3.63, 3.8) is 0 Å². The first-order valence-electron chi connectivity index (χ1n) is 11.6. The van der Waals surface area contributed by atoms with Gasteiger partial charge in [-0.2, -0.15) is 0 Å². The van der Waals surface area contributed by atoms with Crippen LogP contribution in [0.5, 0.6) is 0 Å². The quantitative estimate of drug-likeness (QED) is 0.333. The largest absolute Gasteiger partial charge is 0.378 e. The predicted molar refractivity (Wildman–Crippen MR) is 130 cm³/mol. The highest BCUT2D eigenvalue weighted by atomic mass is 32.1. The molecule has 1 heterocycles. The molecule has 170 valence electrons. The van der Waals surface area contributed by atoms with Gasteiger partial charge in [-0.15, -0.1) is 11.3 Å². The zero-order chi connectivity index (χ0) is 22.4. The van der Waals surface area contributed by atoms with Gasteiger partial charge >= 0.3 is 0 Å². The van der Waals surface area contributed by atoms with E-state index in [1.54, 1.807) is 11.3 Å². The Morgan fingerprint density at radius 2 is 1.69 bits per heavy atom. The topological polar surface area (TPSA) is 42.4 Å². The molecular formula is C27H35N2O2S+. The summed E-state index contributed by atoms with van der Waals surface area (Å²) >= 11 is 1.67. The second-order valence-electron chi connectivity index (χ2n) is 9.60. The molecular weight excluding hydrogens is 416 g/mol. The van der Waals surface area contributed by atoms with Gasteiger partial charge in [-0.3, -0.25) is 0 Å². The summed E-state index contributed by atoms with van der Waals surface area (Å²) in [5.74, 6) is 0.234. The molecule has 1 aromatic heterocycles. The minimum Gasteiger partial charge on any atom is -0.378 e. The van der Waals surface area contributed by atoms with Gasteiger partial charge in [0.2, 0.25) is 0 Å². The lowest BCUT2D eigenvalue weighted by molar-refractivity contribution is -0.903. The SMILES string of the molecule is C[N+](C)(CCOCc1ccccc1)Cc1cnc(C(O)(c2ccccc2)C2CCCC2)s1. The van der Waals surface area contributed by atoms with Crippen LogP contribution in [0.15, 0.2) is 66.9 Å². The predicted octanol–water partition coefficient (Wildman–Crippen LogP) is 5.36. The van der Waals surface area contributed by atoms with Crippen molar-refractivity contribution in [3.05, 3.63) is 87.9 Å². The third-order valence-electron chi connectivity index (χ3n) is 6.58. The van der Waals surface area contributed by atoms with Crippen LogP contribution in [0.25, 0.3) is 0 Å².